The molecule has 0 bridgehead atoms. The first-order valence-electron chi connectivity index (χ1n) is 6.55. The summed E-state index contributed by atoms with van der Waals surface area (Å²) >= 11 is 0. The molecule has 1 fully saturated rings. The number of rotatable bonds is 6. The third kappa shape index (κ3) is 5.50. The van der Waals surface area contributed by atoms with E-state index in [0.29, 0.717) is 6.10 Å². The van der Waals surface area contributed by atoms with Gasteiger partial charge in [-0.15, -0.1) is 0 Å². The van der Waals surface area contributed by atoms with Gasteiger partial charge >= 0.3 is 5.97 Å². The van der Waals surface area contributed by atoms with Crippen LogP contribution in [-0.2, 0) is 14.3 Å². The first kappa shape index (κ1) is 13.5. The van der Waals surface area contributed by atoms with Crippen LogP contribution in [0.25, 0.3) is 0 Å². The van der Waals surface area contributed by atoms with Crippen LogP contribution in [0.15, 0.2) is 0 Å². The van der Waals surface area contributed by atoms with Gasteiger partial charge in [0.25, 0.3) is 0 Å². The third-order valence-corrected chi connectivity index (χ3v) is 2.99. The minimum Gasteiger partial charge on any atom is -0.436 e. The maximum atomic E-state index is 10.8. The normalized spacial score (nSPS) is 25.4. The zero-order chi connectivity index (χ0) is 11.8. The van der Waals surface area contributed by atoms with Crippen LogP contribution >= 0.6 is 0 Å². The molecule has 0 aromatic rings. The van der Waals surface area contributed by atoms with Gasteiger partial charge in [-0.25, -0.2) is 0 Å². The molecule has 0 aromatic carbocycles. The fraction of sp³-hybridized carbons (Fsp3) is 0.923. The van der Waals surface area contributed by atoms with Crippen LogP contribution in [0.5, 0.6) is 0 Å². The monoisotopic (exact) mass is 228 g/mol. The predicted molar refractivity (Wildman–Crippen MR) is 63.0 cm³/mol. The summed E-state index contributed by atoms with van der Waals surface area (Å²) < 4.78 is 10.8. The van der Waals surface area contributed by atoms with Crippen LogP contribution < -0.4 is 0 Å². The summed E-state index contributed by atoms with van der Waals surface area (Å²) in [5.74, 6) is -0.239. The van der Waals surface area contributed by atoms with Crippen molar-refractivity contribution >= 4 is 5.97 Å². The fourth-order valence-electron chi connectivity index (χ4n) is 2.15. The Morgan fingerprint density at radius 1 is 1.31 bits per heavy atom. The van der Waals surface area contributed by atoms with Gasteiger partial charge in [0.15, 0.2) is 0 Å². The van der Waals surface area contributed by atoms with E-state index in [9.17, 15) is 4.79 Å². The van der Waals surface area contributed by atoms with Gasteiger partial charge in [0.2, 0.25) is 6.29 Å². The Hall–Kier alpha value is -0.570. The van der Waals surface area contributed by atoms with Crippen molar-refractivity contribution in [2.45, 2.75) is 77.6 Å². The lowest BCUT2D eigenvalue weighted by atomic mass is 10.0. The molecule has 0 unspecified atom stereocenters. The van der Waals surface area contributed by atoms with Gasteiger partial charge in [-0.1, -0.05) is 32.6 Å². The quantitative estimate of drug-likeness (QED) is 0.516. The van der Waals surface area contributed by atoms with Crippen molar-refractivity contribution in [3.63, 3.8) is 0 Å². The minimum atomic E-state index is -0.289. The van der Waals surface area contributed by atoms with Crippen molar-refractivity contribution in [3.05, 3.63) is 0 Å². The van der Waals surface area contributed by atoms with E-state index in [0.717, 1.165) is 25.7 Å². The summed E-state index contributed by atoms with van der Waals surface area (Å²) in [5.41, 5.74) is 0. The molecule has 0 radical (unpaired) electrons. The second-order valence-electron chi connectivity index (χ2n) is 4.58. The first-order valence-corrected chi connectivity index (χ1v) is 6.55. The second-order valence-corrected chi connectivity index (χ2v) is 4.58. The van der Waals surface area contributed by atoms with E-state index in [1.165, 1.54) is 32.6 Å². The molecule has 1 rings (SSSR count). The highest BCUT2D eigenvalue weighted by Crippen LogP contribution is 2.23. The molecule has 0 N–H and O–H groups in total. The zero-order valence-corrected chi connectivity index (χ0v) is 10.5. The molecule has 3 nitrogen and oxygen atoms in total. The van der Waals surface area contributed by atoms with Crippen LogP contribution in [0.1, 0.15) is 65.2 Å². The number of hydrogen-bond donors (Lipinski definition) is 0. The molecule has 0 amide bonds. The molecule has 0 aromatic heterocycles. The van der Waals surface area contributed by atoms with E-state index in [-0.39, 0.29) is 12.3 Å². The molecule has 94 valence electrons. The van der Waals surface area contributed by atoms with Crippen molar-refractivity contribution in [2.75, 3.05) is 0 Å². The van der Waals surface area contributed by atoms with Gasteiger partial charge in [-0.3, -0.25) is 4.79 Å². The van der Waals surface area contributed by atoms with Crippen LogP contribution in [-0.4, -0.2) is 18.4 Å². The number of ether oxygens (including phenoxy) is 2. The number of carbonyl (C=O) groups excluding carboxylic acids is 1. The zero-order valence-electron chi connectivity index (χ0n) is 10.5. The number of carbonyl (C=O) groups is 1. The Bertz CT molecular complexity index is 203. The number of esters is 1. The number of hydrogen-bond acceptors (Lipinski definition) is 3. The molecular weight excluding hydrogens is 204 g/mol. The van der Waals surface area contributed by atoms with Crippen LogP contribution in [0.3, 0.4) is 0 Å². The van der Waals surface area contributed by atoms with Gasteiger partial charge in [0, 0.05) is 13.3 Å². The van der Waals surface area contributed by atoms with Crippen molar-refractivity contribution in [3.8, 4) is 0 Å². The fourth-order valence-corrected chi connectivity index (χ4v) is 2.15. The molecule has 0 aliphatic carbocycles. The predicted octanol–water partition coefficient (Wildman–Crippen LogP) is 3.42. The molecule has 1 saturated heterocycles. The lowest BCUT2D eigenvalue weighted by molar-refractivity contribution is -0.201. The highest BCUT2D eigenvalue weighted by molar-refractivity contribution is 5.66. The van der Waals surface area contributed by atoms with Crippen molar-refractivity contribution in [1.29, 1.82) is 0 Å². The van der Waals surface area contributed by atoms with Gasteiger partial charge in [-0.2, -0.15) is 0 Å². The second kappa shape index (κ2) is 7.66. The molecule has 1 aliphatic heterocycles. The molecule has 2 atom stereocenters. The Kier molecular flexibility index (Phi) is 6.46. The summed E-state index contributed by atoms with van der Waals surface area (Å²) in [7, 11) is 0. The lowest BCUT2D eigenvalue weighted by Gasteiger charge is -2.29. The molecule has 0 saturated carbocycles. The van der Waals surface area contributed by atoms with Gasteiger partial charge in [0.1, 0.15) is 0 Å². The molecule has 3 heteroatoms. The Balaban J connectivity index is 2.14. The van der Waals surface area contributed by atoms with Gasteiger partial charge in [0.05, 0.1) is 6.10 Å². The van der Waals surface area contributed by atoms with E-state index < -0.39 is 0 Å². The average Bonchev–Trinajstić information content (AvgIpc) is 2.24. The van der Waals surface area contributed by atoms with E-state index in [1.807, 2.05) is 0 Å². The third-order valence-electron chi connectivity index (χ3n) is 2.99. The van der Waals surface area contributed by atoms with Gasteiger partial charge < -0.3 is 9.47 Å². The summed E-state index contributed by atoms with van der Waals surface area (Å²) in [6.45, 7) is 3.65. The van der Waals surface area contributed by atoms with Crippen LogP contribution in [0, 0.1) is 0 Å². The van der Waals surface area contributed by atoms with Crippen molar-refractivity contribution in [1.82, 2.24) is 0 Å². The van der Waals surface area contributed by atoms with Crippen LogP contribution in [0.4, 0.5) is 0 Å². The molecule has 1 aliphatic rings. The van der Waals surface area contributed by atoms with E-state index in [2.05, 4.69) is 6.92 Å². The van der Waals surface area contributed by atoms with Crippen LogP contribution in [0.2, 0.25) is 0 Å². The molecular formula is C13H24O3. The maximum Gasteiger partial charge on any atom is 0.304 e. The van der Waals surface area contributed by atoms with E-state index in [4.69, 9.17) is 9.47 Å². The Morgan fingerprint density at radius 2 is 2.12 bits per heavy atom. The van der Waals surface area contributed by atoms with E-state index >= 15 is 0 Å². The summed E-state index contributed by atoms with van der Waals surface area (Å²) in [4.78, 5) is 10.8. The van der Waals surface area contributed by atoms with Crippen molar-refractivity contribution < 1.29 is 14.3 Å². The first-order chi connectivity index (χ1) is 7.72. The summed E-state index contributed by atoms with van der Waals surface area (Å²) in [6.07, 6.45) is 9.28. The van der Waals surface area contributed by atoms with Crippen molar-refractivity contribution in [2.24, 2.45) is 0 Å². The Labute approximate surface area is 98.5 Å². The average molecular weight is 228 g/mol. The topological polar surface area (TPSA) is 35.5 Å². The lowest BCUT2D eigenvalue weighted by Crippen LogP contribution is -2.30. The standard InChI is InChI=1S/C13H24O3/c1-3-4-5-6-8-12-9-7-10-13(16-12)15-11(2)14/h12-13H,3-10H2,1-2H3/t12-,13-/m1/s1. The smallest absolute Gasteiger partial charge is 0.304 e. The van der Waals surface area contributed by atoms with Gasteiger partial charge in [-0.05, 0) is 19.3 Å². The Morgan fingerprint density at radius 3 is 2.81 bits per heavy atom. The SMILES string of the molecule is CCCCCC[C@@H]1CCC[C@H](OC(C)=O)O1. The highest BCUT2D eigenvalue weighted by atomic mass is 16.7. The maximum absolute atomic E-state index is 10.8. The minimum absolute atomic E-state index is 0.239. The summed E-state index contributed by atoms with van der Waals surface area (Å²) in [5, 5.41) is 0. The molecule has 1 heterocycles. The largest absolute Gasteiger partial charge is 0.436 e. The number of unbranched alkanes of at least 4 members (excludes halogenated alkanes) is 3. The molecule has 0 spiro atoms. The van der Waals surface area contributed by atoms with E-state index in [1.54, 1.807) is 0 Å². The summed E-state index contributed by atoms with van der Waals surface area (Å²) in [6, 6.07) is 0. The highest BCUT2D eigenvalue weighted by Gasteiger charge is 2.23. The molecule has 16 heavy (non-hydrogen) atoms.